The van der Waals surface area contributed by atoms with E-state index in [1.54, 1.807) is 6.08 Å². The number of hydrogen-bond donors (Lipinski definition) is 0. The number of carbonyl (C=O) groups is 1. The fourth-order valence-electron chi connectivity index (χ4n) is 2.83. The van der Waals surface area contributed by atoms with Crippen LogP contribution in [0.1, 0.15) is 27.2 Å². The quantitative estimate of drug-likeness (QED) is 0.537. The number of allylic oxidation sites excluding steroid dienone is 4. The van der Waals surface area contributed by atoms with Crippen molar-refractivity contribution in [3.63, 3.8) is 0 Å². The van der Waals surface area contributed by atoms with Crippen molar-refractivity contribution >= 4 is 5.78 Å². The summed E-state index contributed by atoms with van der Waals surface area (Å²) in [6, 6.07) is 0. The summed E-state index contributed by atoms with van der Waals surface area (Å²) in [5, 5.41) is 0. The first kappa shape index (κ1) is 9.70. The first-order valence-corrected chi connectivity index (χ1v) is 5.42. The van der Waals surface area contributed by atoms with Gasteiger partial charge in [0, 0.05) is 5.92 Å². The van der Waals surface area contributed by atoms with Crippen LogP contribution in [0.15, 0.2) is 24.3 Å². The van der Waals surface area contributed by atoms with Crippen LogP contribution in [0.5, 0.6) is 0 Å². The van der Waals surface area contributed by atoms with E-state index in [2.05, 4.69) is 39.0 Å². The number of carbonyl (C=O) groups excluding carboxylic acids is 1. The van der Waals surface area contributed by atoms with Crippen LogP contribution in [-0.4, -0.2) is 5.78 Å². The van der Waals surface area contributed by atoms with Crippen molar-refractivity contribution < 1.29 is 4.79 Å². The van der Waals surface area contributed by atoms with Gasteiger partial charge in [0.05, 0.1) is 0 Å². The Bertz CT molecular complexity index is 309. The van der Waals surface area contributed by atoms with Gasteiger partial charge in [0.2, 0.25) is 0 Å². The second kappa shape index (κ2) is 3.08. The van der Waals surface area contributed by atoms with Gasteiger partial charge in [0.1, 0.15) is 0 Å². The molecule has 0 aliphatic heterocycles. The maximum atomic E-state index is 11.8. The summed E-state index contributed by atoms with van der Waals surface area (Å²) in [6.07, 6.45) is 9.35. The van der Waals surface area contributed by atoms with Crippen LogP contribution in [0.25, 0.3) is 0 Å². The molecule has 0 amide bonds. The molecule has 0 radical (unpaired) electrons. The predicted octanol–water partition coefficient (Wildman–Crippen LogP) is 2.98. The number of fused-ring (bicyclic) bond motifs is 1. The second-order valence-electron chi connectivity index (χ2n) is 5.21. The highest BCUT2D eigenvalue weighted by atomic mass is 16.1. The molecule has 14 heavy (non-hydrogen) atoms. The van der Waals surface area contributed by atoms with Gasteiger partial charge in [-0.3, -0.25) is 4.79 Å². The van der Waals surface area contributed by atoms with E-state index in [0.29, 0.717) is 17.6 Å². The number of hydrogen-bond acceptors (Lipinski definition) is 1. The Balaban J connectivity index is 2.40. The monoisotopic (exact) mass is 190 g/mol. The third kappa shape index (κ3) is 1.35. The zero-order valence-electron chi connectivity index (χ0n) is 9.16. The summed E-state index contributed by atoms with van der Waals surface area (Å²) in [7, 11) is 0. The van der Waals surface area contributed by atoms with E-state index in [9.17, 15) is 4.79 Å². The van der Waals surface area contributed by atoms with Gasteiger partial charge in [-0.15, -0.1) is 0 Å². The molecule has 0 bridgehead atoms. The van der Waals surface area contributed by atoms with Crippen molar-refractivity contribution in [2.45, 2.75) is 27.2 Å². The summed E-state index contributed by atoms with van der Waals surface area (Å²) in [5.41, 5.74) is 0.178. The minimum Gasteiger partial charge on any atom is -0.295 e. The van der Waals surface area contributed by atoms with Gasteiger partial charge in [0.15, 0.2) is 5.78 Å². The molecule has 0 heterocycles. The molecule has 0 saturated carbocycles. The van der Waals surface area contributed by atoms with Crippen LogP contribution in [0.2, 0.25) is 0 Å². The van der Waals surface area contributed by atoms with Gasteiger partial charge in [-0.1, -0.05) is 39.0 Å². The summed E-state index contributed by atoms with van der Waals surface area (Å²) >= 11 is 0. The Morgan fingerprint density at radius 2 is 2.14 bits per heavy atom. The molecule has 0 aromatic carbocycles. The Kier molecular flexibility index (Phi) is 2.13. The topological polar surface area (TPSA) is 17.1 Å². The Morgan fingerprint density at radius 1 is 1.43 bits per heavy atom. The van der Waals surface area contributed by atoms with Gasteiger partial charge in [0.25, 0.3) is 0 Å². The van der Waals surface area contributed by atoms with Crippen LogP contribution < -0.4 is 0 Å². The molecule has 0 saturated heterocycles. The van der Waals surface area contributed by atoms with Gasteiger partial charge in [-0.05, 0) is 29.7 Å². The molecular formula is C13H18O. The highest BCUT2D eigenvalue weighted by Gasteiger charge is 2.42. The molecular weight excluding hydrogens is 172 g/mol. The lowest BCUT2D eigenvalue weighted by atomic mass is 9.60. The molecule has 0 spiro atoms. The molecule has 0 aromatic rings. The SMILES string of the molecule is C[C@@H]1C=CC[C@H]2[C@H]1C(=O)C=CC2(C)C. The molecule has 76 valence electrons. The van der Waals surface area contributed by atoms with Crippen molar-refractivity contribution in [3.8, 4) is 0 Å². The molecule has 0 unspecified atom stereocenters. The molecule has 0 N–H and O–H groups in total. The third-order valence-corrected chi connectivity index (χ3v) is 3.79. The van der Waals surface area contributed by atoms with E-state index < -0.39 is 0 Å². The molecule has 1 heteroatoms. The van der Waals surface area contributed by atoms with E-state index >= 15 is 0 Å². The summed E-state index contributed by atoms with van der Waals surface area (Å²) in [4.78, 5) is 11.8. The molecule has 1 nitrogen and oxygen atoms in total. The second-order valence-corrected chi connectivity index (χ2v) is 5.21. The Morgan fingerprint density at radius 3 is 2.79 bits per heavy atom. The van der Waals surface area contributed by atoms with E-state index in [1.807, 2.05) is 0 Å². The highest BCUT2D eigenvalue weighted by Crippen LogP contribution is 2.45. The normalized spacial score (nSPS) is 39.6. The summed E-state index contributed by atoms with van der Waals surface area (Å²) in [5.74, 6) is 1.46. The zero-order chi connectivity index (χ0) is 10.3. The minimum atomic E-state index is 0.178. The van der Waals surface area contributed by atoms with Gasteiger partial charge >= 0.3 is 0 Å². The van der Waals surface area contributed by atoms with Crippen molar-refractivity contribution in [3.05, 3.63) is 24.3 Å². The van der Waals surface area contributed by atoms with Crippen LogP contribution in [0.4, 0.5) is 0 Å². The lowest BCUT2D eigenvalue weighted by Crippen LogP contribution is -2.41. The lowest BCUT2D eigenvalue weighted by molar-refractivity contribution is -0.123. The third-order valence-electron chi connectivity index (χ3n) is 3.79. The van der Waals surface area contributed by atoms with Crippen LogP contribution in [0.3, 0.4) is 0 Å². The zero-order valence-corrected chi connectivity index (χ0v) is 9.16. The molecule has 0 aromatic heterocycles. The first-order chi connectivity index (χ1) is 6.52. The average Bonchev–Trinajstić information content (AvgIpc) is 2.12. The van der Waals surface area contributed by atoms with Gasteiger partial charge in [-0.25, -0.2) is 0 Å². The van der Waals surface area contributed by atoms with Crippen molar-refractivity contribution in [1.82, 2.24) is 0 Å². The van der Waals surface area contributed by atoms with E-state index in [0.717, 1.165) is 6.42 Å². The number of ketones is 1. The molecule has 0 fully saturated rings. The lowest BCUT2D eigenvalue weighted by Gasteiger charge is -2.43. The highest BCUT2D eigenvalue weighted by molar-refractivity contribution is 5.93. The largest absolute Gasteiger partial charge is 0.295 e. The first-order valence-electron chi connectivity index (χ1n) is 5.42. The van der Waals surface area contributed by atoms with E-state index in [-0.39, 0.29) is 11.3 Å². The van der Waals surface area contributed by atoms with Crippen molar-refractivity contribution in [2.75, 3.05) is 0 Å². The maximum Gasteiger partial charge on any atom is 0.159 e. The van der Waals surface area contributed by atoms with Crippen LogP contribution in [-0.2, 0) is 4.79 Å². The molecule has 2 aliphatic carbocycles. The maximum absolute atomic E-state index is 11.8. The van der Waals surface area contributed by atoms with Crippen molar-refractivity contribution in [2.24, 2.45) is 23.2 Å². The van der Waals surface area contributed by atoms with E-state index in [1.165, 1.54) is 0 Å². The predicted molar refractivity (Wildman–Crippen MR) is 57.8 cm³/mol. The fraction of sp³-hybridized carbons (Fsp3) is 0.615. The molecule has 2 rings (SSSR count). The standard InChI is InChI=1S/C13H18O/c1-9-5-4-6-10-12(9)11(14)7-8-13(10,2)3/h4-5,7-10,12H,6H2,1-3H3/t9-,10+,12+/m1/s1. The Hall–Kier alpha value is -0.850. The van der Waals surface area contributed by atoms with E-state index in [4.69, 9.17) is 0 Å². The average molecular weight is 190 g/mol. The molecule has 2 aliphatic rings. The summed E-state index contributed by atoms with van der Waals surface area (Å²) in [6.45, 7) is 6.62. The fourth-order valence-corrected chi connectivity index (χ4v) is 2.83. The van der Waals surface area contributed by atoms with Crippen molar-refractivity contribution in [1.29, 1.82) is 0 Å². The minimum absolute atomic E-state index is 0.178. The van der Waals surface area contributed by atoms with Gasteiger partial charge in [-0.2, -0.15) is 0 Å². The Labute approximate surface area is 85.9 Å². The van der Waals surface area contributed by atoms with Crippen LogP contribution >= 0.6 is 0 Å². The van der Waals surface area contributed by atoms with Crippen LogP contribution in [0, 0.1) is 23.2 Å². The summed E-state index contributed by atoms with van der Waals surface area (Å²) < 4.78 is 0. The molecule has 3 atom stereocenters. The smallest absolute Gasteiger partial charge is 0.159 e. The van der Waals surface area contributed by atoms with Gasteiger partial charge < -0.3 is 0 Å². The number of rotatable bonds is 0.